The van der Waals surface area contributed by atoms with E-state index >= 15 is 0 Å². The number of sulfonamides is 1. The number of carbonyl (C=O) groups excluding carboxylic acids is 1. The van der Waals surface area contributed by atoms with Gasteiger partial charge in [-0.1, -0.05) is 23.7 Å². The van der Waals surface area contributed by atoms with Gasteiger partial charge in [-0.3, -0.25) is 14.4 Å². The van der Waals surface area contributed by atoms with E-state index in [1.54, 1.807) is 7.05 Å². The summed E-state index contributed by atoms with van der Waals surface area (Å²) in [5.74, 6) is -0.229. The standard InChI is InChI=1S/C21H28ClN5O3S/c1-24-16-20(13-23-24)31(29,30)27-7-3-5-18(15-27)21(28)26-10-8-25(9-11-26)14-17-4-2-6-19(22)12-17/h2,4,6,12-13,16,18H,3,5,7-11,14-15H2,1H3. The summed E-state index contributed by atoms with van der Waals surface area (Å²) in [6, 6.07) is 7.84. The Balaban J connectivity index is 1.33. The molecule has 168 valence electrons. The van der Waals surface area contributed by atoms with Crippen molar-refractivity contribution in [1.29, 1.82) is 0 Å². The molecule has 2 saturated heterocycles. The van der Waals surface area contributed by atoms with Gasteiger partial charge in [0.1, 0.15) is 4.90 Å². The van der Waals surface area contributed by atoms with Crippen LogP contribution in [0.1, 0.15) is 18.4 Å². The van der Waals surface area contributed by atoms with Gasteiger partial charge >= 0.3 is 0 Å². The number of piperidine rings is 1. The van der Waals surface area contributed by atoms with Gasteiger partial charge in [-0.05, 0) is 30.5 Å². The van der Waals surface area contributed by atoms with E-state index in [-0.39, 0.29) is 23.3 Å². The zero-order valence-corrected chi connectivity index (χ0v) is 19.2. The van der Waals surface area contributed by atoms with Crippen molar-refractivity contribution < 1.29 is 13.2 Å². The fourth-order valence-electron chi connectivity index (χ4n) is 4.32. The highest BCUT2D eigenvalue weighted by Gasteiger charge is 2.36. The zero-order chi connectivity index (χ0) is 22.0. The molecule has 0 N–H and O–H groups in total. The molecule has 1 unspecified atom stereocenters. The third-order valence-corrected chi connectivity index (χ3v) is 8.08. The van der Waals surface area contributed by atoms with Crippen LogP contribution >= 0.6 is 11.6 Å². The molecule has 0 bridgehead atoms. The lowest BCUT2D eigenvalue weighted by Crippen LogP contribution is -2.52. The van der Waals surface area contributed by atoms with Crippen LogP contribution in [0.2, 0.25) is 5.02 Å². The van der Waals surface area contributed by atoms with Gasteiger partial charge in [-0.15, -0.1) is 0 Å². The molecule has 3 heterocycles. The summed E-state index contributed by atoms with van der Waals surface area (Å²) in [5, 5.41) is 4.70. The first-order chi connectivity index (χ1) is 14.8. The summed E-state index contributed by atoms with van der Waals surface area (Å²) < 4.78 is 28.7. The molecule has 0 spiro atoms. The number of carbonyl (C=O) groups is 1. The molecular weight excluding hydrogens is 438 g/mol. The Morgan fingerprint density at radius 3 is 2.65 bits per heavy atom. The Kier molecular flexibility index (Phi) is 6.66. The Labute approximate surface area is 188 Å². The molecule has 31 heavy (non-hydrogen) atoms. The second-order valence-electron chi connectivity index (χ2n) is 8.28. The molecule has 1 amide bonds. The molecule has 0 saturated carbocycles. The first-order valence-corrected chi connectivity index (χ1v) is 12.4. The van der Waals surface area contributed by atoms with Crippen LogP contribution in [-0.2, 0) is 28.4 Å². The largest absolute Gasteiger partial charge is 0.340 e. The average Bonchev–Trinajstić information content (AvgIpc) is 3.21. The average molecular weight is 466 g/mol. The number of amides is 1. The number of hydrogen-bond donors (Lipinski definition) is 0. The second-order valence-corrected chi connectivity index (χ2v) is 10.7. The highest BCUT2D eigenvalue weighted by molar-refractivity contribution is 7.89. The maximum atomic E-state index is 13.1. The number of rotatable bonds is 5. The lowest BCUT2D eigenvalue weighted by molar-refractivity contribution is -0.138. The van der Waals surface area contributed by atoms with Gasteiger partial charge < -0.3 is 4.90 Å². The minimum absolute atomic E-state index is 0.0634. The van der Waals surface area contributed by atoms with Crippen molar-refractivity contribution in [3.05, 3.63) is 47.2 Å². The van der Waals surface area contributed by atoms with Gasteiger partial charge in [-0.2, -0.15) is 9.40 Å². The van der Waals surface area contributed by atoms with Crippen molar-refractivity contribution in [2.24, 2.45) is 13.0 Å². The molecule has 2 aromatic rings. The van der Waals surface area contributed by atoms with E-state index in [9.17, 15) is 13.2 Å². The van der Waals surface area contributed by atoms with Gasteiger partial charge in [0.2, 0.25) is 15.9 Å². The lowest BCUT2D eigenvalue weighted by Gasteiger charge is -2.38. The highest BCUT2D eigenvalue weighted by atomic mass is 35.5. The SMILES string of the molecule is Cn1cc(S(=O)(=O)N2CCCC(C(=O)N3CCN(Cc4cccc(Cl)c4)CC3)C2)cn1. The molecule has 2 aliphatic rings. The fourth-order valence-corrected chi connectivity index (χ4v) is 6.04. The van der Waals surface area contributed by atoms with Crippen molar-refractivity contribution >= 4 is 27.5 Å². The number of piperazine rings is 1. The van der Waals surface area contributed by atoms with Crippen LogP contribution in [0.25, 0.3) is 0 Å². The van der Waals surface area contributed by atoms with Crippen LogP contribution < -0.4 is 0 Å². The summed E-state index contributed by atoms with van der Waals surface area (Å²) in [6.45, 7) is 4.39. The maximum absolute atomic E-state index is 13.1. The molecular formula is C21H28ClN5O3S. The quantitative estimate of drug-likeness (QED) is 0.673. The molecule has 2 fully saturated rings. The van der Waals surface area contributed by atoms with E-state index in [0.29, 0.717) is 26.1 Å². The van der Waals surface area contributed by atoms with E-state index in [1.807, 2.05) is 23.1 Å². The molecule has 8 nitrogen and oxygen atoms in total. The van der Waals surface area contributed by atoms with E-state index in [2.05, 4.69) is 16.1 Å². The molecule has 10 heteroatoms. The van der Waals surface area contributed by atoms with Gasteiger partial charge in [0.05, 0.1) is 12.1 Å². The number of nitrogens with zero attached hydrogens (tertiary/aromatic N) is 5. The number of hydrogen-bond acceptors (Lipinski definition) is 5. The third-order valence-electron chi connectivity index (χ3n) is 6.03. The Hall–Kier alpha value is -1.94. The summed E-state index contributed by atoms with van der Waals surface area (Å²) in [4.78, 5) is 17.5. The monoisotopic (exact) mass is 465 g/mol. The van der Waals surface area contributed by atoms with E-state index < -0.39 is 10.0 Å². The first-order valence-electron chi connectivity index (χ1n) is 10.6. The zero-order valence-electron chi connectivity index (χ0n) is 17.7. The molecule has 1 aromatic heterocycles. The normalized spacial score (nSPS) is 21.4. The van der Waals surface area contributed by atoms with Crippen LogP contribution in [0.3, 0.4) is 0 Å². The topological polar surface area (TPSA) is 78.8 Å². The predicted octanol–water partition coefficient (Wildman–Crippen LogP) is 1.82. The van der Waals surface area contributed by atoms with Crippen LogP contribution in [0.5, 0.6) is 0 Å². The molecule has 0 aliphatic carbocycles. The summed E-state index contributed by atoms with van der Waals surface area (Å²) in [7, 11) is -1.94. The molecule has 2 aliphatic heterocycles. The van der Waals surface area contributed by atoms with Crippen molar-refractivity contribution in [2.45, 2.75) is 24.3 Å². The van der Waals surface area contributed by atoms with Crippen molar-refractivity contribution in [3.63, 3.8) is 0 Å². The van der Waals surface area contributed by atoms with Crippen molar-refractivity contribution in [3.8, 4) is 0 Å². The molecule has 1 aromatic carbocycles. The van der Waals surface area contributed by atoms with Crippen LogP contribution in [0.4, 0.5) is 0 Å². The summed E-state index contributed by atoms with van der Waals surface area (Å²) in [5.41, 5.74) is 1.16. The smallest absolute Gasteiger partial charge is 0.246 e. The minimum atomic E-state index is -3.63. The summed E-state index contributed by atoms with van der Waals surface area (Å²) in [6.07, 6.45) is 4.27. The number of aryl methyl sites for hydroxylation is 1. The number of aromatic nitrogens is 2. The van der Waals surface area contributed by atoms with Gasteiger partial charge in [0, 0.05) is 64.1 Å². The Morgan fingerprint density at radius 1 is 1.19 bits per heavy atom. The number of benzene rings is 1. The third kappa shape index (κ3) is 5.11. The van der Waals surface area contributed by atoms with Gasteiger partial charge in [-0.25, -0.2) is 8.42 Å². The van der Waals surface area contributed by atoms with Gasteiger partial charge in [0.15, 0.2) is 0 Å². The molecule has 0 radical (unpaired) electrons. The Morgan fingerprint density at radius 2 is 1.97 bits per heavy atom. The van der Waals surface area contributed by atoms with Crippen LogP contribution in [-0.4, -0.2) is 77.5 Å². The van der Waals surface area contributed by atoms with Crippen molar-refractivity contribution in [1.82, 2.24) is 23.9 Å². The molecule has 4 rings (SSSR count). The van der Waals surface area contributed by atoms with Crippen molar-refractivity contribution in [2.75, 3.05) is 39.3 Å². The predicted molar refractivity (Wildman–Crippen MR) is 118 cm³/mol. The lowest BCUT2D eigenvalue weighted by atomic mass is 9.97. The highest BCUT2D eigenvalue weighted by Crippen LogP contribution is 2.25. The maximum Gasteiger partial charge on any atom is 0.246 e. The Bertz CT molecular complexity index is 1030. The minimum Gasteiger partial charge on any atom is -0.340 e. The molecule has 1 atom stereocenters. The first kappa shape index (κ1) is 22.3. The second kappa shape index (κ2) is 9.28. The van der Waals surface area contributed by atoms with Crippen LogP contribution in [0.15, 0.2) is 41.6 Å². The van der Waals surface area contributed by atoms with Gasteiger partial charge in [0.25, 0.3) is 0 Å². The van der Waals surface area contributed by atoms with Crippen LogP contribution in [0, 0.1) is 5.92 Å². The van der Waals surface area contributed by atoms with E-state index in [1.165, 1.54) is 21.4 Å². The fraction of sp³-hybridized carbons (Fsp3) is 0.524. The number of halogens is 1. The summed E-state index contributed by atoms with van der Waals surface area (Å²) >= 11 is 6.07. The van der Waals surface area contributed by atoms with E-state index in [4.69, 9.17) is 11.6 Å². The van der Waals surface area contributed by atoms with E-state index in [0.717, 1.165) is 36.6 Å².